The molecule has 0 amide bonds. The minimum Gasteiger partial charge on any atom is -0.313 e. The van der Waals surface area contributed by atoms with E-state index in [2.05, 4.69) is 24.1 Å². The molecule has 2 nitrogen and oxygen atoms in total. The molecule has 0 aliphatic heterocycles. The summed E-state index contributed by atoms with van der Waals surface area (Å²) in [5.74, 6) is -0.860. The molecule has 0 aliphatic rings. The van der Waals surface area contributed by atoms with Crippen LogP contribution in [-0.4, -0.2) is 31.1 Å². The number of benzene rings is 1. The maximum atomic E-state index is 13.2. The first-order valence-corrected chi connectivity index (χ1v) is 6.97. The summed E-state index contributed by atoms with van der Waals surface area (Å²) in [5.41, 5.74) is -0.640. The molecule has 0 aliphatic carbocycles. The van der Waals surface area contributed by atoms with Gasteiger partial charge in [-0.05, 0) is 64.2 Å². The Morgan fingerprint density at radius 1 is 1.19 bits per heavy atom. The van der Waals surface area contributed by atoms with Crippen LogP contribution in [0.15, 0.2) is 18.2 Å². The number of nitrogens with one attached hydrogen (secondary N) is 1. The second kappa shape index (κ2) is 7.75. The maximum absolute atomic E-state index is 13.2. The molecule has 0 bridgehead atoms. The van der Waals surface area contributed by atoms with E-state index in [0.29, 0.717) is 24.2 Å². The number of alkyl halides is 3. The molecule has 0 fully saturated rings. The van der Waals surface area contributed by atoms with Crippen LogP contribution < -0.4 is 5.32 Å². The van der Waals surface area contributed by atoms with E-state index >= 15 is 0 Å². The molecule has 0 radical (unpaired) electrons. The third-order valence-corrected chi connectivity index (χ3v) is 3.36. The Hall–Kier alpha value is -1.14. The fourth-order valence-corrected chi connectivity index (χ4v) is 1.86. The molecule has 1 N–H and O–H groups in total. The van der Waals surface area contributed by atoms with Crippen LogP contribution in [0.3, 0.4) is 0 Å². The Balaban J connectivity index is 2.44. The summed E-state index contributed by atoms with van der Waals surface area (Å²) in [6.07, 6.45) is -3.63. The average Bonchev–Trinajstić information content (AvgIpc) is 2.36. The Kier molecular flexibility index (Phi) is 6.61. The third-order valence-electron chi connectivity index (χ3n) is 3.36. The lowest BCUT2D eigenvalue weighted by atomic mass is 10.1. The summed E-state index contributed by atoms with van der Waals surface area (Å²) in [5, 5.41) is 3.04. The lowest BCUT2D eigenvalue weighted by Crippen LogP contribution is -2.29. The molecule has 0 spiro atoms. The van der Waals surface area contributed by atoms with E-state index in [9.17, 15) is 17.6 Å². The Morgan fingerprint density at radius 3 is 2.43 bits per heavy atom. The van der Waals surface area contributed by atoms with Crippen molar-refractivity contribution in [2.75, 3.05) is 20.1 Å². The zero-order valence-electron chi connectivity index (χ0n) is 12.6. The van der Waals surface area contributed by atoms with Gasteiger partial charge in [0.25, 0.3) is 0 Å². The molecule has 0 heterocycles. The number of hydrogen-bond acceptors (Lipinski definition) is 2. The zero-order chi connectivity index (χ0) is 16.0. The van der Waals surface area contributed by atoms with Crippen molar-refractivity contribution < 1.29 is 17.6 Å². The standard InChI is InChI=1S/C15H22F4N2/c1-11(2)21(3)6-4-5-20-10-12-7-13(15(17,18)19)9-14(16)8-12/h7-9,11,20H,4-6,10H2,1-3H3. The van der Waals surface area contributed by atoms with E-state index in [1.54, 1.807) is 0 Å². The van der Waals surface area contributed by atoms with Crippen LogP contribution in [0.5, 0.6) is 0 Å². The summed E-state index contributed by atoms with van der Waals surface area (Å²) in [7, 11) is 2.02. The molecular formula is C15H22F4N2. The predicted molar refractivity (Wildman–Crippen MR) is 75.5 cm³/mol. The van der Waals surface area contributed by atoms with Crippen molar-refractivity contribution in [1.29, 1.82) is 0 Å². The van der Waals surface area contributed by atoms with Crippen molar-refractivity contribution >= 4 is 0 Å². The summed E-state index contributed by atoms with van der Waals surface area (Å²) in [6, 6.07) is 3.09. The monoisotopic (exact) mass is 306 g/mol. The number of halogens is 4. The second-order valence-electron chi connectivity index (χ2n) is 5.45. The fourth-order valence-electron chi connectivity index (χ4n) is 1.86. The quantitative estimate of drug-likeness (QED) is 0.611. The molecule has 0 atom stereocenters. The number of hydrogen-bond donors (Lipinski definition) is 1. The van der Waals surface area contributed by atoms with E-state index in [0.717, 1.165) is 25.1 Å². The largest absolute Gasteiger partial charge is 0.416 e. The first-order valence-electron chi connectivity index (χ1n) is 6.97. The number of nitrogens with zero attached hydrogens (tertiary/aromatic N) is 1. The lowest BCUT2D eigenvalue weighted by molar-refractivity contribution is -0.137. The summed E-state index contributed by atoms with van der Waals surface area (Å²) in [6.45, 7) is 6.00. The average molecular weight is 306 g/mol. The molecule has 21 heavy (non-hydrogen) atoms. The molecule has 0 aromatic heterocycles. The van der Waals surface area contributed by atoms with Crippen LogP contribution in [0.4, 0.5) is 17.6 Å². The van der Waals surface area contributed by atoms with E-state index in [1.165, 1.54) is 0 Å². The molecule has 1 aromatic carbocycles. The highest BCUT2D eigenvalue weighted by Gasteiger charge is 2.31. The second-order valence-corrected chi connectivity index (χ2v) is 5.45. The van der Waals surface area contributed by atoms with Crippen molar-refractivity contribution in [2.24, 2.45) is 0 Å². The van der Waals surface area contributed by atoms with Crippen molar-refractivity contribution in [3.8, 4) is 0 Å². The number of rotatable bonds is 7. The van der Waals surface area contributed by atoms with Gasteiger partial charge in [-0.3, -0.25) is 0 Å². The van der Waals surface area contributed by atoms with Gasteiger partial charge in [0, 0.05) is 12.6 Å². The SMILES string of the molecule is CC(C)N(C)CCCNCc1cc(F)cc(C(F)(F)F)c1. The fraction of sp³-hybridized carbons (Fsp3) is 0.600. The van der Waals surface area contributed by atoms with Crippen LogP contribution in [0.25, 0.3) is 0 Å². The van der Waals surface area contributed by atoms with E-state index in [-0.39, 0.29) is 6.54 Å². The van der Waals surface area contributed by atoms with Gasteiger partial charge in [0.05, 0.1) is 5.56 Å². The molecule has 0 unspecified atom stereocenters. The van der Waals surface area contributed by atoms with Gasteiger partial charge in [0.1, 0.15) is 5.82 Å². The van der Waals surface area contributed by atoms with E-state index in [4.69, 9.17) is 0 Å². The van der Waals surface area contributed by atoms with Crippen molar-refractivity contribution in [3.05, 3.63) is 35.1 Å². The van der Waals surface area contributed by atoms with Crippen LogP contribution >= 0.6 is 0 Å². The Labute approximate surface area is 123 Å². The predicted octanol–water partition coefficient (Wildman–Crippen LogP) is 3.66. The molecule has 120 valence electrons. The van der Waals surface area contributed by atoms with Crippen molar-refractivity contribution in [1.82, 2.24) is 10.2 Å². The molecule has 1 rings (SSSR count). The topological polar surface area (TPSA) is 15.3 Å². The smallest absolute Gasteiger partial charge is 0.313 e. The lowest BCUT2D eigenvalue weighted by Gasteiger charge is -2.20. The van der Waals surface area contributed by atoms with Crippen molar-refractivity contribution in [3.63, 3.8) is 0 Å². The first kappa shape index (κ1) is 17.9. The van der Waals surface area contributed by atoms with Crippen LogP contribution in [0, 0.1) is 5.82 Å². The zero-order valence-corrected chi connectivity index (χ0v) is 12.6. The van der Waals surface area contributed by atoms with Gasteiger partial charge < -0.3 is 10.2 Å². The molecule has 1 aromatic rings. The van der Waals surface area contributed by atoms with Gasteiger partial charge in [-0.25, -0.2) is 4.39 Å². The van der Waals surface area contributed by atoms with Crippen LogP contribution in [0.1, 0.15) is 31.4 Å². The molecule has 0 saturated carbocycles. The normalized spacial score (nSPS) is 12.4. The highest BCUT2D eigenvalue weighted by molar-refractivity contribution is 5.26. The molecule has 0 saturated heterocycles. The Bertz CT molecular complexity index is 444. The van der Waals surface area contributed by atoms with Crippen molar-refractivity contribution in [2.45, 2.75) is 39.0 Å². The summed E-state index contributed by atoms with van der Waals surface area (Å²) < 4.78 is 50.9. The minimum absolute atomic E-state index is 0.228. The van der Waals surface area contributed by atoms with Gasteiger partial charge in [0.2, 0.25) is 0 Å². The summed E-state index contributed by atoms with van der Waals surface area (Å²) in [4.78, 5) is 2.19. The highest BCUT2D eigenvalue weighted by atomic mass is 19.4. The van der Waals surface area contributed by atoms with Crippen LogP contribution in [-0.2, 0) is 12.7 Å². The summed E-state index contributed by atoms with van der Waals surface area (Å²) >= 11 is 0. The molecule has 6 heteroatoms. The van der Waals surface area contributed by atoms with Gasteiger partial charge >= 0.3 is 6.18 Å². The Morgan fingerprint density at radius 2 is 1.86 bits per heavy atom. The first-order chi connectivity index (χ1) is 9.70. The van der Waals surface area contributed by atoms with E-state index in [1.807, 2.05) is 7.05 Å². The third kappa shape index (κ3) is 6.44. The maximum Gasteiger partial charge on any atom is 0.416 e. The van der Waals surface area contributed by atoms with Gasteiger partial charge in [-0.1, -0.05) is 0 Å². The van der Waals surface area contributed by atoms with E-state index < -0.39 is 17.6 Å². The van der Waals surface area contributed by atoms with Gasteiger partial charge in [0.15, 0.2) is 0 Å². The van der Waals surface area contributed by atoms with Crippen LogP contribution in [0.2, 0.25) is 0 Å². The van der Waals surface area contributed by atoms with Gasteiger partial charge in [-0.2, -0.15) is 13.2 Å². The minimum atomic E-state index is -4.52. The molecular weight excluding hydrogens is 284 g/mol. The highest BCUT2D eigenvalue weighted by Crippen LogP contribution is 2.30. The van der Waals surface area contributed by atoms with Gasteiger partial charge in [-0.15, -0.1) is 0 Å².